The van der Waals surface area contributed by atoms with Gasteiger partial charge in [0.2, 0.25) is 11.8 Å². The van der Waals surface area contributed by atoms with Gasteiger partial charge in [-0.15, -0.1) is 0 Å². The summed E-state index contributed by atoms with van der Waals surface area (Å²) >= 11 is 5.98. The van der Waals surface area contributed by atoms with Gasteiger partial charge < -0.3 is 15.4 Å². The van der Waals surface area contributed by atoms with Crippen LogP contribution >= 0.6 is 11.6 Å². The first-order valence-electron chi connectivity index (χ1n) is 7.29. The van der Waals surface area contributed by atoms with Crippen LogP contribution < -0.4 is 10.6 Å². The van der Waals surface area contributed by atoms with Gasteiger partial charge >= 0.3 is 0 Å². The topological polar surface area (TPSA) is 67.4 Å². The molecular formula is C16H23ClN2O3. The molecule has 6 heteroatoms. The van der Waals surface area contributed by atoms with Gasteiger partial charge in [-0.2, -0.15) is 0 Å². The quantitative estimate of drug-likeness (QED) is 0.772. The van der Waals surface area contributed by atoms with Crippen molar-refractivity contribution < 1.29 is 14.3 Å². The van der Waals surface area contributed by atoms with Crippen molar-refractivity contribution in [2.75, 3.05) is 25.1 Å². The van der Waals surface area contributed by atoms with Crippen LogP contribution in [0.1, 0.15) is 25.8 Å². The smallest absolute Gasteiger partial charge is 0.250 e. The Morgan fingerprint density at radius 3 is 2.55 bits per heavy atom. The van der Waals surface area contributed by atoms with Gasteiger partial charge in [0, 0.05) is 17.3 Å². The Kier molecular flexibility index (Phi) is 7.91. The van der Waals surface area contributed by atoms with Crippen LogP contribution in [0.3, 0.4) is 0 Å². The Hall–Kier alpha value is -1.59. The maximum atomic E-state index is 11.7. The Labute approximate surface area is 136 Å². The van der Waals surface area contributed by atoms with E-state index in [1.807, 2.05) is 13.0 Å². The van der Waals surface area contributed by atoms with E-state index >= 15 is 0 Å². The number of nitrogens with one attached hydrogen (secondary N) is 2. The van der Waals surface area contributed by atoms with Gasteiger partial charge in [0.05, 0.1) is 0 Å². The summed E-state index contributed by atoms with van der Waals surface area (Å²) in [6.07, 6.45) is 0.917. The van der Waals surface area contributed by atoms with E-state index in [0.717, 1.165) is 12.0 Å². The molecule has 122 valence electrons. The maximum absolute atomic E-state index is 11.7. The van der Waals surface area contributed by atoms with Crippen LogP contribution in [0.4, 0.5) is 5.69 Å². The van der Waals surface area contributed by atoms with Crippen molar-refractivity contribution in [1.29, 1.82) is 0 Å². The number of benzene rings is 1. The molecule has 0 spiro atoms. The molecule has 0 aliphatic carbocycles. The molecule has 22 heavy (non-hydrogen) atoms. The fourth-order valence-corrected chi connectivity index (χ4v) is 1.84. The molecule has 0 aliphatic heterocycles. The van der Waals surface area contributed by atoms with Gasteiger partial charge in [-0.3, -0.25) is 9.59 Å². The SMILES string of the molecule is Cc1ccc(NC(=O)COCC(=O)NCCC(C)C)cc1Cl. The van der Waals surface area contributed by atoms with E-state index in [2.05, 4.69) is 24.5 Å². The standard InChI is InChI=1S/C16H23ClN2O3/c1-11(2)6-7-18-15(20)9-22-10-16(21)19-13-5-4-12(3)14(17)8-13/h4-5,8,11H,6-7,9-10H2,1-3H3,(H,18,20)(H,19,21). The number of hydrogen-bond acceptors (Lipinski definition) is 3. The van der Waals surface area contributed by atoms with E-state index in [4.69, 9.17) is 16.3 Å². The zero-order valence-corrected chi connectivity index (χ0v) is 14.0. The molecule has 0 bridgehead atoms. The van der Waals surface area contributed by atoms with Gasteiger partial charge in [0.1, 0.15) is 13.2 Å². The largest absolute Gasteiger partial charge is 0.362 e. The first-order valence-corrected chi connectivity index (χ1v) is 7.66. The molecule has 5 nitrogen and oxygen atoms in total. The van der Waals surface area contributed by atoms with Crippen molar-refractivity contribution in [3.8, 4) is 0 Å². The van der Waals surface area contributed by atoms with E-state index in [0.29, 0.717) is 23.2 Å². The summed E-state index contributed by atoms with van der Waals surface area (Å²) in [6.45, 7) is 6.38. The molecule has 0 radical (unpaired) electrons. The molecule has 0 aliphatic rings. The second-order valence-electron chi connectivity index (χ2n) is 5.54. The van der Waals surface area contributed by atoms with Crippen molar-refractivity contribution in [3.05, 3.63) is 28.8 Å². The highest BCUT2D eigenvalue weighted by molar-refractivity contribution is 6.31. The molecule has 0 unspecified atom stereocenters. The summed E-state index contributed by atoms with van der Waals surface area (Å²) in [5.41, 5.74) is 1.54. The Bertz CT molecular complexity index is 518. The minimum atomic E-state index is -0.324. The van der Waals surface area contributed by atoms with Crippen molar-refractivity contribution >= 4 is 29.1 Å². The molecule has 2 amide bonds. The predicted octanol–water partition coefficient (Wildman–Crippen LogP) is 2.77. The van der Waals surface area contributed by atoms with Gasteiger partial charge in [-0.1, -0.05) is 31.5 Å². The molecule has 2 N–H and O–H groups in total. The third-order valence-electron chi connectivity index (χ3n) is 2.97. The van der Waals surface area contributed by atoms with Gasteiger partial charge in [0.15, 0.2) is 0 Å². The highest BCUT2D eigenvalue weighted by atomic mass is 35.5. The predicted molar refractivity (Wildman–Crippen MR) is 88.1 cm³/mol. The average molecular weight is 327 g/mol. The number of aryl methyl sites for hydroxylation is 1. The Balaban J connectivity index is 2.23. The van der Waals surface area contributed by atoms with Crippen LogP contribution in [-0.4, -0.2) is 31.6 Å². The van der Waals surface area contributed by atoms with Crippen LogP contribution in [0.15, 0.2) is 18.2 Å². The molecular weight excluding hydrogens is 304 g/mol. The van der Waals surface area contributed by atoms with Gasteiger partial charge in [-0.05, 0) is 37.0 Å². The fraction of sp³-hybridized carbons (Fsp3) is 0.500. The van der Waals surface area contributed by atoms with E-state index in [9.17, 15) is 9.59 Å². The fourth-order valence-electron chi connectivity index (χ4n) is 1.66. The second-order valence-corrected chi connectivity index (χ2v) is 5.94. The molecule has 0 fully saturated rings. The first kappa shape index (κ1) is 18.5. The lowest BCUT2D eigenvalue weighted by molar-refractivity contribution is -0.128. The van der Waals surface area contributed by atoms with Crippen LogP contribution in [0, 0.1) is 12.8 Å². The number of carbonyl (C=O) groups is 2. The van der Waals surface area contributed by atoms with Crippen LogP contribution in [-0.2, 0) is 14.3 Å². The minimum Gasteiger partial charge on any atom is -0.362 e. The van der Waals surface area contributed by atoms with Gasteiger partial charge in [0.25, 0.3) is 0 Å². The summed E-state index contributed by atoms with van der Waals surface area (Å²) in [7, 11) is 0. The number of amides is 2. The molecule has 0 atom stereocenters. The first-order chi connectivity index (χ1) is 10.4. The summed E-state index contributed by atoms with van der Waals surface area (Å²) in [6, 6.07) is 5.26. The van der Waals surface area contributed by atoms with Crippen molar-refractivity contribution in [1.82, 2.24) is 5.32 Å². The summed E-state index contributed by atoms with van der Waals surface area (Å²) < 4.78 is 5.08. The Morgan fingerprint density at radius 2 is 1.91 bits per heavy atom. The Morgan fingerprint density at radius 1 is 1.23 bits per heavy atom. The number of rotatable bonds is 8. The molecule has 1 aromatic rings. The summed E-state index contributed by atoms with van der Waals surface area (Å²) in [5, 5.41) is 5.99. The minimum absolute atomic E-state index is 0.125. The molecule has 0 heterocycles. The number of carbonyl (C=O) groups excluding carboxylic acids is 2. The van der Waals surface area contributed by atoms with Crippen LogP contribution in [0.25, 0.3) is 0 Å². The van der Waals surface area contributed by atoms with E-state index in [-0.39, 0.29) is 25.0 Å². The monoisotopic (exact) mass is 326 g/mol. The number of ether oxygens (including phenoxy) is 1. The lowest BCUT2D eigenvalue weighted by atomic mass is 10.1. The number of halogens is 1. The highest BCUT2D eigenvalue weighted by Gasteiger charge is 2.07. The van der Waals surface area contributed by atoms with Crippen LogP contribution in [0.2, 0.25) is 5.02 Å². The van der Waals surface area contributed by atoms with E-state index < -0.39 is 0 Å². The molecule has 0 saturated heterocycles. The second kappa shape index (κ2) is 9.43. The molecule has 1 rings (SSSR count). The zero-order valence-electron chi connectivity index (χ0n) is 13.2. The third-order valence-corrected chi connectivity index (χ3v) is 3.37. The number of anilines is 1. The highest BCUT2D eigenvalue weighted by Crippen LogP contribution is 2.19. The van der Waals surface area contributed by atoms with Crippen molar-refractivity contribution in [2.45, 2.75) is 27.2 Å². The van der Waals surface area contributed by atoms with E-state index in [1.54, 1.807) is 12.1 Å². The van der Waals surface area contributed by atoms with Gasteiger partial charge in [-0.25, -0.2) is 0 Å². The van der Waals surface area contributed by atoms with Crippen molar-refractivity contribution in [2.24, 2.45) is 5.92 Å². The molecule has 0 aromatic heterocycles. The summed E-state index contributed by atoms with van der Waals surface area (Å²) in [5.74, 6) is -0.00457. The molecule has 1 aromatic carbocycles. The maximum Gasteiger partial charge on any atom is 0.250 e. The summed E-state index contributed by atoms with van der Waals surface area (Å²) in [4.78, 5) is 23.1. The zero-order chi connectivity index (χ0) is 16.5. The lowest BCUT2D eigenvalue weighted by Crippen LogP contribution is -2.30. The average Bonchev–Trinajstić information content (AvgIpc) is 2.42. The van der Waals surface area contributed by atoms with Crippen LogP contribution in [0.5, 0.6) is 0 Å². The van der Waals surface area contributed by atoms with E-state index in [1.165, 1.54) is 0 Å². The van der Waals surface area contributed by atoms with Crippen molar-refractivity contribution in [3.63, 3.8) is 0 Å². The molecule has 0 saturated carbocycles. The number of hydrogen-bond donors (Lipinski definition) is 2. The third kappa shape index (κ3) is 7.43. The normalized spacial score (nSPS) is 10.6. The lowest BCUT2D eigenvalue weighted by Gasteiger charge is -2.09.